The van der Waals surface area contributed by atoms with Gasteiger partial charge < -0.3 is 0 Å². The Kier molecular flexibility index (Phi) is 1.83. The number of carbonyl (C=O) groups is 1. The van der Waals surface area contributed by atoms with Gasteiger partial charge in [0.15, 0.2) is 6.19 Å². The Morgan fingerprint density at radius 1 is 1.82 bits per heavy atom. The zero-order valence-electron chi connectivity index (χ0n) is 5.75. The summed E-state index contributed by atoms with van der Waals surface area (Å²) >= 11 is 0. The summed E-state index contributed by atoms with van der Waals surface area (Å²) in [6, 6.07) is 0. The van der Waals surface area contributed by atoms with Crippen LogP contribution in [0.4, 0.5) is 0 Å². The van der Waals surface area contributed by atoms with Crippen molar-refractivity contribution in [3.05, 3.63) is 11.6 Å². The fourth-order valence-corrected chi connectivity index (χ4v) is 0.551. The number of rotatable bonds is 1. The number of carbonyl (C=O) groups excluding carboxylic acids is 1. The normalized spacial score (nSPS) is 8.73. The average Bonchev–Trinajstić information content (AvgIpc) is 2.36. The van der Waals surface area contributed by atoms with E-state index in [1.165, 1.54) is 6.19 Å². The molecule has 1 aromatic rings. The highest BCUT2D eigenvalue weighted by Gasteiger charge is 2.08. The number of hydrogen-bond donors (Lipinski definition) is 2. The van der Waals surface area contributed by atoms with E-state index in [4.69, 9.17) is 5.26 Å². The third-order valence-corrected chi connectivity index (χ3v) is 0.970. The van der Waals surface area contributed by atoms with Crippen molar-refractivity contribution >= 4 is 5.91 Å². The van der Waals surface area contributed by atoms with Crippen molar-refractivity contribution in [3.8, 4) is 6.19 Å². The summed E-state index contributed by atoms with van der Waals surface area (Å²) in [6.45, 7) is 1.66. The average molecular weight is 151 g/mol. The summed E-state index contributed by atoms with van der Waals surface area (Å²) in [5.74, 6) is -0.0889. The number of nitrogens with one attached hydrogen (secondary N) is 2. The van der Waals surface area contributed by atoms with Crippen LogP contribution < -0.4 is 5.32 Å². The van der Waals surface area contributed by atoms with Crippen molar-refractivity contribution in [2.24, 2.45) is 0 Å². The van der Waals surface area contributed by atoms with Gasteiger partial charge >= 0.3 is 5.91 Å². The van der Waals surface area contributed by atoms with E-state index in [0.717, 1.165) is 0 Å². The number of H-pyrrole nitrogens is 1. The number of aromatic nitrogens is 3. The second kappa shape index (κ2) is 2.79. The van der Waals surface area contributed by atoms with Gasteiger partial charge in [0.2, 0.25) is 5.82 Å². The molecule has 0 bridgehead atoms. The zero-order chi connectivity index (χ0) is 8.27. The number of aryl methyl sites for hydroxylation is 1. The van der Waals surface area contributed by atoms with Gasteiger partial charge in [0.1, 0.15) is 5.82 Å². The summed E-state index contributed by atoms with van der Waals surface area (Å²) in [5, 5.41) is 16.0. The van der Waals surface area contributed by atoms with Crippen LogP contribution in [0.2, 0.25) is 0 Å². The SMILES string of the molecule is Cc1nc(C(=O)NC#N)n[nH]1. The third-order valence-electron chi connectivity index (χ3n) is 0.970. The Hall–Kier alpha value is -1.90. The van der Waals surface area contributed by atoms with E-state index in [1.54, 1.807) is 6.92 Å². The Morgan fingerprint density at radius 2 is 2.55 bits per heavy atom. The largest absolute Gasteiger partial charge is 0.303 e. The van der Waals surface area contributed by atoms with Crippen LogP contribution in [0.15, 0.2) is 0 Å². The highest BCUT2D eigenvalue weighted by atomic mass is 16.2. The maximum atomic E-state index is 10.8. The van der Waals surface area contributed by atoms with Gasteiger partial charge in [-0.25, -0.2) is 4.98 Å². The molecule has 6 heteroatoms. The minimum absolute atomic E-state index is 0.0240. The molecule has 1 aromatic heterocycles. The minimum Gasteiger partial charge on any atom is -0.264 e. The molecule has 11 heavy (non-hydrogen) atoms. The molecule has 0 aliphatic heterocycles. The van der Waals surface area contributed by atoms with Crippen LogP contribution in [0.5, 0.6) is 0 Å². The van der Waals surface area contributed by atoms with Crippen molar-refractivity contribution in [2.75, 3.05) is 0 Å². The first-order valence-electron chi connectivity index (χ1n) is 2.82. The molecule has 0 atom stereocenters. The molecule has 0 aliphatic rings. The van der Waals surface area contributed by atoms with Gasteiger partial charge in [0.25, 0.3) is 0 Å². The molecule has 0 spiro atoms. The molecule has 0 radical (unpaired) electrons. The maximum absolute atomic E-state index is 10.8. The lowest BCUT2D eigenvalue weighted by atomic mass is 10.6. The molecule has 6 nitrogen and oxygen atoms in total. The van der Waals surface area contributed by atoms with E-state index in [0.29, 0.717) is 5.82 Å². The Morgan fingerprint density at radius 3 is 3.00 bits per heavy atom. The van der Waals surface area contributed by atoms with E-state index in [2.05, 4.69) is 15.2 Å². The van der Waals surface area contributed by atoms with Gasteiger partial charge in [0, 0.05) is 0 Å². The number of nitrogens with zero attached hydrogens (tertiary/aromatic N) is 3. The first-order valence-corrected chi connectivity index (χ1v) is 2.82. The molecule has 0 aromatic carbocycles. The summed E-state index contributed by atoms with van der Waals surface area (Å²) < 4.78 is 0. The van der Waals surface area contributed by atoms with E-state index in [-0.39, 0.29) is 5.82 Å². The van der Waals surface area contributed by atoms with Crippen LogP contribution in [0.25, 0.3) is 0 Å². The summed E-state index contributed by atoms with van der Waals surface area (Å²) in [6.07, 6.45) is 1.48. The smallest absolute Gasteiger partial charge is 0.264 e. The summed E-state index contributed by atoms with van der Waals surface area (Å²) in [5.41, 5.74) is 0. The lowest BCUT2D eigenvalue weighted by Gasteiger charge is -1.85. The number of amides is 1. The van der Waals surface area contributed by atoms with Gasteiger partial charge in [-0.2, -0.15) is 5.26 Å². The molecule has 56 valence electrons. The van der Waals surface area contributed by atoms with Crippen LogP contribution in [-0.4, -0.2) is 21.1 Å². The van der Waals surface area contributed by atoms with Crippen molar-refractivity contribution in [2.45, 2.75) is 6.92 Å². The predicted octanol–water partition coefficient (Wildman–Crippen LogP) is -0.676. The molecule has 0 saturated heterocycles. The van der Waals surface area contributed by atoms with Crippen LogP contribution in [0.1, 0.15) is 16.4 Å². The van der Waals surface area contributed by atoms with Crippen LogP contribution >= 0.6 is 0 Å². The molecule has 1 amide bonds. The fraction of sp³-hybridized carbons (Fsp3) is 0.200. The van der Waals surface area contributed by atoms with Crippen LogP contribution in [0.3, 0.4) is 0 Å². The lowest BCUT2D eigenvalue weighted by molar-refractivity contribution is 0.0963. The second-order valence-electron chi connectivity index (χ2n) is 1.81. The monoisotopic (exact) mass is 151 g/mol. The zero-order valence-corrected chi connectivity index (χ0v) is 5.75. The van der Waals surface area contributed by atoms with Gasteiger partial charge in [-0.1, -0.05) is 0 Å². The highest BCUT2D eigenvalue weighted by molar-refractivity contribution is 5.91. The Labute approximate surface area is 62.2 Å². The fourth-order valence-electron chi connectivity index (χ4n) is 0.551. The van der Waals surface area contributed by atoms with Crippen molar-refractivity contribution in [3.63, 3.8) is 0 Å². The summed E-state index contributed by atoms with van der Waals surface area (Å²) in [4.78, 5) is 14.5. The number of aromatic amines is 1. The summed E-state index contributed by atoms with van der Waals surface area (Å²) in [7, 11) is 0. The first-order chi connectivity index (χ1) is 5.24. The van der Waals surface area contributed by atoms with Crippen molar-refractivity contribution < 1.29 is 4.79 Å². The number of hydrogen-bond acceptors (Lipinski definition) is 4. The van der Waals surface area contributed by atoms with Crippen LogP contribution in [0, 0.1) is 18.4 Å². The molecule has 2 N–H and O–H groups in total. The molecule has 0 saturated carbocycles. The quantitative estimate of drug-likeness (QED) is 0.410. The molecular formula is C5H5N5O. The van der Waals surface area contributed by atoms with Gasteiger partial charge in [0.05, 0.1) is 0 Å². The van der Waals surface area contributed by atoms with Crippen molar-refractivity contribution in [1.82, 2.24) is 20.5 Å². The van der Waals surface area contributed by atoms with E-state index < -0.39 is 5.91 Å². The predicted molar refractivity (Wildman–Crippen MR) is 34.2 cm³/mol. The lowest BCUT2D eigenvalue weighted by Crippen LogP contribution is -2.18. The van der Waals surface area contributed by atoms with E-state index >= 15 is 0 Å². The topological polar surface area (TPSA) is 94.5 Å². The Bertz CT molecular complexity index is 309. The molecule has 1 heterocycles. The van der Waals surface area contributed by atoms with Gasteiger partial charge in [-0.3, -0.25) is 15.2 Å². The molecule has 0 fully saturated rings. The van der Waals surface area contributed by atoms with Crippen molar-refractivity contribution in [1.29, 1.82) is 5.26 Å². The van der Waals surface area contributed by atoms with Gasteiger partial charge in [-0.05, 0) is 6.92 Å². The maximum Gasteiger partial charge on any atom is 0.303 e. The third kappa shape index (κ3) is 1.52. The van der Waals surface area contributed by atoms with E-state index in [9.17, 15) is 4.79 Å². The molecule has 0 aliphatic carbocycles. The standard InChI is InChI=1S/C5H5N5O/c1-3-8-4(10-9-3)5(11)7-2-6/h1H3,(H,7,11)(H,8,9,10). The van der Waals surface area contributed by atoms with E-state index in [1.807, 2.05) is 5.32 Å². The molecule has 0 unspecified atom stereocenters. The Balaban J connectivity index is 2.78. The molecule has 1 rings (SSSR count). The van der Waals surface area contributed by atoms with Crippen LogP contribution in [-0.2, 0) is 0 Å². The molecular weight excluding hydrogens is 146 g/mol. The van der Waals surface area contributed by atoms with Gasteiger partial charge in [-0.15, -0.1) is 5.10 Å². The second-order valence-corrected chi connectivity index (χ2v) is 1.81. The first kappa shape index (κ1) is 7.21. The highest BCUT2D eigenvalue weighted by Crippen LogP contribution is 1.88. The number of nitriles is 1. The minimum atomic E-state index is -0.600.